The van der Waals surface area contributed by atoms with E-state index in [9.17, 15) is 10.1 Å². The third-order valence-electron chi connectivity index (χ3n) is 4.11. The van der Waals surface area contributed by atoms with Gasteiger partial charge in [-0.05, 0) is 23.8 Å². The van der Waals surface area contributed by atoms with Crippen molar-refractivity contribution in [2.24, 2.45) is 5.10 Å². The number of aromatic amines is 1. The van der Waals surface area contributed by atoms with Crippen LogP contribution in [0.15, 0.2) is 60.0 Å². The van der Waals surface area contributed by atoms with Gasteiger partial charge in [0.2, 0.25) is 0 Å². The molecule has 0 radical (unpaired) electrons. The molecule has 0 aliphatic carbocycles. The number of aromatic nitrogens is 2. The topological polar surface area (TPSA) is 103 Å². The predicted molar refractivity (Wildman–Crippen MR) is 106 cm³/mol. The molecule has 3 aromatic rings. The van der Waals surface area contributed by atoms with Crippen molar-refractivity contribution in [3.05, 3.63) is 86.1 Å². The van der Waals surface area contributed by atoms with Crippen LogP contribution in [0.3, 0.4) is 0 Å². The van der Waals surface area contributed by atoms with Gasteiger partial charge in [0.25, 0.3) is 5.69 Å². The molecule has 0 saturated carbocycles. The van der Waals surface area contributed by atoms with E-state index in [2.05, 4.69) is 20.8 Å². The van der Waals surface area contributed by atoms with Crippen molar-refractivity contribution in [1.29, 1.82) is 0 Å². The number of non-ortho nitro benzene ring substituents is 1. The van der Waals surface area contributed by atoms with E-state index in [0.29, 0.717) is 28.0 Å². The normalized spacial score (nSPS) is 13.4. The summed E-state index contributed by atoms with van der Waals surface area (Å²) >= 11 is 12.5. The summed E-state index contributed by atoms with van der Waals surface area (Å²) in [5, 5.41) is 26.6. The Morgan fingerprint density at radius 2 is 1.93 bits per heavy atom. The Hall–Kier alpha value is -3.30. The third kappa shape index (κ3) is 3.45. The van der Waals surface area contributed by atoms with E-state index in [0.717, 1.165) is 11.3 Å². The van der Waals surface area contributed by atoms with Crippen molar-refractivity contribution < 1.29 is 4.92 Å². The number of hydrazone groups is 1. The van der Waals surface area contributed by atoms with E-state index in [1.165, 1.54) is 12.1 Å². The summed E-state index contributed by atoms with van der Waals surface area (Å²) in [7, 11) is 0. The Labute approximate surface area is 169 Å². The Morgan fingerprint density at radius 3 is 2.61 bits per heavy atom. The highest BCUT2D eigenvalue weighted by Gasteiger charge is 2.29. The molecule has 9 nitrogen and oxygen atoms in total. The molecule has 0 amide bonds. The standard InChI is InChI=1S/C17H13Cl2N7O2/c18-12-3-6-16(19)15(7-12)17-22-23-25(14-8-20-21-9-14)24(17)10-11-1-4-13(5-2-11)26(27)28/h1-9,23H,10H2,(H,20,21). The molecule has 0 saturated heterocycles. The minimum Gasteiger partial charge on any atom is -0.283 e. The Bertz CT molecular complexity index is 1040. The van der Waals surface area contributed by atoms with Crippen molar-refractivity contribution in [2.45, 2.75) is 6.54 Å². The van der Waals surface area contributed by atoms with Gasteiger partial charge in [0.1, 0.15) is 5.69 Å². The first kappa shape index (κ1) is 18.1. The number of rotatable bonds is 5. The minimum absolute atomic E-state index is 0.0294. The summed E-state index contributed by atoms with van der Waals surface area (Å²) in [6.07, 6.45) is 3.34. The van der Waals surface area contributed by atoms with Gasteiger partial charge in [-0.3, -0.25) is 15.2 Å². The maximum Gasteiger partial charge on any atom is 0.269 e. The highest BCUT2D eigenvalue weighted by molar-refractivity contribution is 6.36. The molecule has 1 aromatic heterocycles. The molecule has 4 rings (SSSR count). The van der Waals surface area contributed by atoms with Crippen molar-refractivity contribution in [3.8, 4) is 0 Å². The lowest BCUT2D eigenvalue weighted by atomic mass is 10.1. The van der Waals surface area contributed by atoms with Crippen LogP contribution in [0.25, 0.3) is 0 Å². The van der Waals surface area contributed by atoms with Gasteiger partial charge < -0.3 is 0 Å². The van der Waals surface area contributed by atoms with Crippen LogP contribution in [0.5, 0.6) is 0 Å². The Balaban J connectivity index is 1.69. The van der Waals surface area contributed by atoms with Crippen LogP contribution in [0.1, 0.15) is 11.1 Å². The molecule has 0 unspecified atom stereocenters. The molecule has 1 aliphatic heterocycles. The molecule has 0 atom stereocenters. The van der Waals surface area contributed by atoms with Crippen molar-refractivity contribution in [2.75, 3.05) is 5.12 Å². The van der Waals surface area contributed by atoms with Gasteiger partial charge in [0.05, 0.1) is 22.7 Å². The molecule has 0 fully saturated rings. The number of nitro benzene ring substituents is 1. The van der Waals surface area contributed by atoms with Crippen molar-refractivity contribution in [1.82, 2.24) is 20.7 Å². The lowest BCUT2D eigenvalue weighted by Gasteiger charge is -2.30. The van der Waals surface area contributed by atoms with E-state index < -0.39 is 4.92 Å². The number of hydrogen-bond acceptors (Lipinski definition) is 7. The molecular formula is C17H13Cl2N7O2. The van der Waals surface area contributed by atoms with Crippen LogP contribution >= 0.6 is 23.2 Å². The summed E-state index contributed by atoms with van der Waals surface area (Å²) in [5.41, 5.74) is 5.17. The zero-order valence-corrected chi connectivity index (χ0v) is 15.7. The summed E-state index contributed by atoms with van der Waals surface area (Å²) < 4.78 is 0. The number of halogens is 2. The van der Waals surface area contributed by atoms with Gasteiger partial charge in [-0.1, -0.05) is 35.3 Å². The van der Waals surface area contributed by atoms with Gasteiger partial charge in [-0.2, -0.15) is 15.8 Å². The third-order valence-corrected chi connectivity index (χ3v) is 4.68. The van der Waals surface area contributed by atoms with Crippen LogP contribution in [-0.2, 0) is 6.54 Å². The number of nitro groups is 1. The molecule has 2 N–H and O–H groups in total. The Morgan fingerprint density at radius 1 is 1.14 bits per heavy atom. The van der Waals surface area contributed by atoms with Gasteiger partial charge in [0, 0.05) is 28.9 Å². The number of hydrogen-bond donors (Lipinski definition) is 2. The average molecular weight is 418 g/mol. The summed E-state index contributed by atoms with van der Waals surface area (Å²) in [5.74, 6) is 0.548. The first-order chi connectivity index (χ1) is 13.5. The highest BCUT2D eigenvalue weighted by atomic mass is 35.5. The van der Waals surface area contributed by atoms with E-state index >= 15 is 0 Å². The van der Waals surface area contributed by atoms with Crippen LogP contribution in [0.4, 0.5) is 11.4 Å². The molecule has 0 spiro atoms. The zero-order valence-electron chi connectivity index (χ0n) is 14.2. The van der Waals surface area contributed by atoms with E-state index in [-0.39, 0.29) is 5.69 Å². The number of nitrogens with one attached hydrogen (secondary N) is 2. The number of hydrazine groups is 2. The molecule has 2 aromatic carbocycles. The minimum atomic E-state index is -0.433. The van der Waals surface area contributed by atoms with Gasteiger partial charge >= 0.3 is 0 Å². The number of anilines is 1. The first-order valence-electron chi connectivity index (χ1n) is 8.11. The quantitative estimate of drug-likeness (QED) is 0.484. The maximum absolute atomic E-state index is 10.9. The fraction of sp³-hybridized carbons (Fsp3) is 0.0588. The Kier molecular flexibility index (Phi) is 4.76. The van der Waals surface area contributed by atoms with Gasteiger partial charge in [-0.25, -0.2) is 5.01 Å². The second-order valence-electron chi connectivity index (χ2n) is 5.91. The van der Waals surface area contributed by atoms with E-state index in [1.54, 1.807) is 47.8 Å². The number of benzene rings is 2. The lowest BCUT2D eigenvalue weighted by molar-refractivity contribution is -0.384. The van der Waals surface area contributed by atoms with Gasteiger partial charge in [0.15, 0.2) is 5.84 Å². The average Bonchev–Trinajstić information content (AvgIpc) is 3.34. The molecule has 28 heavy (non-hydrogen) atoms. The summed E-state index contributed by atoms with van der Waals surface area (Å²) in [6.45, 7) is 0.373. The molecule has 142 valence electrons. The molecule has 11 heteroatoms. The molecular weight excluding hydrogens is 405 g/mol. The number of H-pyrrole nitrogens is 1. The number of nitrogens with zero attached hydrogens (tertiary/aromatic N) is 5. The SMILES string of the molecule is O=[N+]([O-])c1ccc(CN2C(c3cc(Cl)ccc3Cl)=NNN2c2cn[nH]c2)cc1. The molecule has 0 bridgehead atoms. The largest absolute Gasteiger partial charge is 0.283 e. The second-order valence-corrected chi connectivity index (χ2v) is 6.75. The molecule has 2 heterocycles. The van der Waals surface area contributed by atoms with E-state index in [1.807, 2.05) is 5.01 Å². The highest BCUT2D eigenvalue weighted by Crippen LogP contribution is 2.28. The van der Waals surface area contributed by atoms with E-state index in [4.69, 9.17) is 23.2 Å². The monoisotopic (exact) mass is 417 g/mol. The van der Waals surface area contributed by atoms with Crippen molar-refractivity contribution >= 4 is 40.4 Å². The summed E-state index contributed by atoms with van der Waals surface area (Å²) in [6, 6.07) is 11.4. The van der Waals surface area contributed by atoms with Crippen LogP contribution in [0.2, 0.25) is 10.0 Å². The number of amidine groups is 1. The lowest BCUT2D eigenvalue weighted by Crippen LogP contribution is -2.45. The first-order valence-corrected chi connectivity index (χ1v) is 8.87. The van der Waals surface area contributed by atoms with Crippen LogP contribution in [0, 0.1) is 10.1 Å². The predicted octanol–water partition coefficient (Wildman–Crippen LogP) is 3.73. The maximum atomic E-state index is 10.9. The fourth-order valence-electron chi connectivity index (χ4n) is 2.77. The smallest absolute Gasteiger partial charge is 0.269 e. The van der Waals surface area contributed by atoms with Crippen LogP contribution in [-0.4, -0.2) is 26.0 Å². The fourth-order valence-corrected chi connectivity index (χ4v) is 3.14. The summed E-state index contributed by atoms with van der Waals surface area (Å²) in [4.78, 5) is 10.5. The van der Waals surface area contributed by atoms with Crippen LogP contribution < -0.4 is 10.7 Å². The zero-order chi connectivity index (χ0) is 19.7. The van der Waals surface area contributed by atoms with Crippen molar-refractivity contribution in [3.63, 3.8) is 0 Å². The van der Waals surface area contributed by atoms with Gasteiger partial charge in [-0.15, -0.1) is 5.10 Å². The molecule has 1 aliphatic rings. The second kappa shape index (κ2) is 7.37.